The minimum absolute atomic E-state index is 0.0169. The lowest BCUT2D eigenvalue weighted by Gasteiger charge is -2.01. The topological polar surface area (TPSA) is 84.0 Å². The van der Waals surface area contributed by atoms with Crippen molar-refractivity contribution in [3.8, 4) is 6.07 Å². The van der Waals surface area contributed by atoms with Gasteiger partial charge in [-0.15, -0.1) is 0 Å². The lowest BCUT2D eigenvalue weighted by molar-refractivity contribution is -0.385. The summed E-state index contributed by atoms with van der Waals surface area (Å²) in [5.74, 6) is -0.259. The maximum atomic E-state index is 11.4. The number of hydrogen-bond acceptors (Lipinski definition) is 4. The van der Waals surface area contributed by atoms with Gasteiger partial charge in [0.1, 0.15) is 11.6 Å². The van der Waals surface area contributed by atoms with Crippen molar-refractivity contribution >= 4 is 50.0 Å². The zero-order valence-corrected chi connectivity index (χ0v) is 11.5. The van der Waals surface area contributed by atoms with Crippen LogP contribution in [-0.2, 0) is 0 Å². The molecule has 0 unspecified atom stereocenters. The molecule has 0 saturated carbocycles. The SMILES string of the molecule is N#Cc1c(I)cc(C(=O)CBr)cc1[N+](=O)[O-]. The first-order valence-corrected chi connectivity index (χ1v) is 6.18. The van der Waals surface area contributed by atoms with Crippen molar-refractivity contribution in [3.63, 3.8) is 0 Å². The molecular formula is C9H4BrIN2O3. The maximum absolute atomic E-state index is 11.4. The summed E-state index contributed by atoms with van der Waals surface area (Å²) in [6.07, 6.45) is 0. The average Bonchev–Trinajstić information content (AvgIpc) is 2.26. The van der Waals surface area contributed by atoms with Crippen molar-refractivity contribution in [1.82, 2.24) is 0 Å². The second kappa shape index (κ2) is 5.36. The normalized spacial score (nSPS) is 9.56. The molecule has 0 aliphatic rings. The molecule has 0 heterocycles. The Morgan fingerprint density at radius 2 is 2.25 bits per heavy atom. The van der Waals surface area contributed by atoms with Crippen molar-refractivity contribution in [2.45, 2.75) is 0 Å². The highest BCUT2D eigenvalue weighted by Gasteiger charge is 2.20. The second-order valence-corrected chi connectivity index (χ2v) is 4.50. The number of nitrogens with zero attached hydrogens (tertiary/aromatic N) is 2. The molecule has 0 saturated heterocycles. The van der Waals surface area contributed by atoms with Crippen LogP contribution in [0.5, 0.6) is 0 Å². The summed E-state index contributed by atoms with van der Waals surface area (Å²) in [6, 6.07) is 4.35. The molecule has 0 aliphatic carbocycles. The van der Waals surface area contributed by atoms with Gasteiger partial charge in [-0.05, 0) is 28.7 Å². The monoisotopic (exact) mass is 394 g/mol. The standard InChI is InChI=1S/C9H4BrIN2O3/c10-3-9(14)5-1-7(11)6(4-12)8(2-5)13(15)16/h1-2H,3H2. The summed E-state index contributed by atoms with van der Waals surface area (Å²) >= 11 is 4.79. The lowest BCUT2D eigenvalue weighted by atomic mass is 10.1. The van der Waals surface area contributed by atoms with Crippen molar-refractivity contribution in [1.29, 1.82) is 5.26 Å². The van der Waals surface area contributed by atoms with E-state index in [0.29, 0.717) is 3.57 Å². The van der Waals surface area contributed by atoms with E-state index in [1.165, 1.54) is 6.07 Å². The smallest absolute Gasteiger partial charge is 0.288 e. The van der Waals surface area contributed by atoms with Crippen molar-refractivity contribution in [2.75, 3.05) is 5.33 Å². The van der Waals surface area contributed by atoms with Gasteiger partial charge < -0.3 is 0 Å². The molecule has 0 bridgehead atoms. The van der Waals surface area contributed by atoms with Gasteiger partial charge in [0.2, 0.25) is 0 Å². The van der Waals surface area contributed by atoms with Gasteiger partial charge >= 0.3 is 0 Å². The Morgan fingerprint density at radius 1 is 1.62 bits per heavy atom. The van der Waals surface area contributed by atoms with Crippen LogP contribution in [0.4, 0.5) is 5.69 Å². The van der Waals surface area contributed by atoms with Crippen LogP contribution in [0.25, 0.3) is 0 Å². The van der Waals surface area contributed by atoms with Gasteiger partial charge in [-0.25, -0.2) is 0 Å². The van der Waals surface area contributed by atoms with Crippen LogP contribution < -0.4 is 0 Å². The summed E-state index contributed by atoms with van der Waals surface area (Å²) in [6.45, 7) is 0. The quantitative estimate of drug-likeness (QED) is 0.259. The second-order valence-electron chi connectivity index (χ2n) is 2.78. The van der Waals surface area contributed by atoms with Crippen LogP contribution in [-0.4, -0.2) is 16.0 Å². The molecule has 16 heavy (non-hydrogen) atoms. The van der Waals surface area contributed by atoms with Gasteiger partial charge in [-0.1, -0.05) is 15.9 Å². The Bertz CT molecular complexity index is 510. The molecule has 0 amide bonds. The highest BCUT2D eigenvalue weighted by Crippen LogP contribution is 2.25. The van der Waals surface area contributed by atoms with Crippen molar-refractivity contribution < 1.29 is 9.72 Å². The first kappa shape index (κ1) is 13.1. The first-order chi connectivity index (χ1) is 7.51. The number of hydrogen-bond donors (Lipinski definition) is 0. The lowest BCUT2D eigenvalue weighted by Crippen LogP contribution is -2.04. The van der Waals surface area contributed by atoms with Gasteiger partial charge in [0.05, 0.1) is 10.3 Å². The van der Waals surface area contributed by atoms with Crippen LogP contribution in [0.2, 0.25) is 0 Å². The molecule has 0 fully saturated rings. The van der Waals surface area contributed by atoms with E-state index in [4.69, 9.17) is 5.26 Å². The molecule has 0 aromatic heterocycles. The molecule has 1 aromatic rings. The Kier molecular flexibility index (Phi) is 4.37. The van der Waals surface area contributed by atoms with E-state index < -0.39 is 4.92 Å². The minimum Gasteiger partial charge on any atom is -0.293 e. The molecule has 0 aliphatic heterocycles. The van der Waals surface area contributed by atoms with E-state index >= 15 is 0 Å². The number of ketones is 1. The third-order valence-corrected chi connectivity index (χ3v) is 3.18. The Morgan fingerprint density at radius 3 is 2.69 bits per heavy atom. The van der Waals surface area contributed by atoms with E-state index in [1.54, 1.807) is 28.7 Å². The van der Waals surface area contributed by atoms with Gasteiger partial charge in [-0.2, -0.15) is 5.26 Å². The molecule has 0 atom stereocenters. The van der Waals surface area contributed by atoms with E-state index in [9.17, 15) is 14.9 Å². The molecule has 82 valence electrons. The molecule has 1 rings (SSSR count). The molecule has 5 nitrogen and oxygen atoms in total. The summed E-state index contributed by atoms with van der Waals surface area (Å²) in [5, 5.41) is 19.6. The first-order valence-electron chi connectivity index (χ1n) is 3.98. The summed E-state index contributed by atoms with van der Waals surface area (Å²) in [5.41, 5.74) is -0.123. The van der Waals surface area contributed by atoms with Gasteiger partial charge in [-0.3, -0.25) is 14.9 Å². The van der Waals surface area contributed by atoms with E-state index in [0.717, 1.165) is 6.07 Å². The fraction of sp³-hybridized carbons (Fsp3) is 0.111. The number of rotatable bonds is 3. The number of Topliss-reactive ketones (excluding diaryl/α,β-unsaturated/α-hetero) is 1. The Balaban J connectivity index is 3.47. The third-order valence-electron chi connectivity index (χ3n) is 1.82. The molecule has 1 aromatic carbocycles. The maximum Gasteiger partial charge on any atom is 0.288 e. The van der Waals surface area contributed by atoms with Crippen LogP contribution in [0.15, 0.2) is 12.1 Å². The summed E-state index contributed by atoms with van der Waals surface area (Å²) in [4.78, 5) is 21.4. The number of alkyl halides is 1. The average molecular weight is 395 g/mol. The van der Waals surface area contributed by atoms with Crippen LogP contribution in [0.3, 0.4) is 0 Å². The van der Waals surface area contributed by atoms with Crippen LogP contribution in [0, 0.1) is 25.0 Å². The van der Waals surface area contributed by atoms with Crippen molar-refractivity contribution in [3.05, 3.63) is 36.9 Å². The van der Waals surface area contributed by atoms with Crippen LogP contribution >= 0.6 is 38.5 Å². The number of carbonyl (C=O) groups is 1. The van der Waals surface area contributed by atoms with Gasteiger partial charge in [0, 0.05) is 15.2 Å². The fourth-order valence-corrected chi connectivity index (χ4v) is 2.14. The van der Waals surface area contributed by atoms with Gasteiger partial charge in [0.25, 0.3) is 5.69 Å². The van der Waals surface area contributed by atoms with E-state index in [-0.39, 0.29) is 27.9 Å². The zero-order chi connectivity index (χ0) is 12.3. The summed E-state index contributed by atoms with van der Waals surface area (Å²) < 4.78 is 0.401. The molecule has 0 radical (unpaired) electrons. The minimum atomic E-state index is -0.661. The molecular weight excluding hydrogens is 391 g/mol. The van der Waals surface area contributed by atoms with Gasteiger partial charge in [0.15, 0.2) is 5.78 Å². The van der Waals surface area contributed by atoms with Crippen LogP contribution in [0.1, 0.15) is 15.9 Å². The fourth-order valence-electron chi connectivity index (χ4n) is 1.08. The zero-order valence-electron chi connectivity index (χ0n) is 7.74. The summed E-state index contributed by atoms with van der Waals surface area (Å²) in [7, 11) is 0. The largest absolute Gasteiger partial charge is 0.293 e. The number of nitriles is 1. The predicted octanol–water partition coefficient (Wildman–Crippen LogP) is 2.65. The van der Waals surface area contributed by atoms with E-state index in [2.05, 4.69) is 15.9 Å². The predicted molar refractivity (Wildman–Crippen MR) is 68.7 cm³/mol. The number of nitro groups is 1. The number of halogens is 2. The Hall–Kier alpha value is -1.01. The van der Waals surface area contributed by atoms with E-state index in [1.807, 2.05) is 0 Å². The molecule has 0 N–H and O–H groups in total. The number of benzene rings is 1. The van der Waals surface area contributed by atoms with Crippen molar-refractivity contribution in [2.24, 2.45) is 0 Å². The highest BCUT2D eigenvalue weighted by atomic mass is 127. The Labute approximate surface area is 113 Å². The highest BCUT2D eigenvalue weighted by molar-refractivity contribution is 14.1. The third kappa shape index (κ3) is 2.56. The molecule has 0 spiro atoms. The molecule has 7 heteroatoms. The number of nitro benzene ring substituents is 1. The number of carbonyl (C=O) groups excluding carboxylic acids is 1.